The summed E-state index contributed by atoms with van der Waals surface area (Å²) in [7, 11) is 1.62. The summed E-state index contributed by atoms with van der Waals surface area (Å²) in [6, 6.07) is 8.85. The zero-order chi connectivity index (χ0) is 16.4. The molecule has 23 heavy (non-hydrogen) atoms. The fraction of sp³-hybridized carbons (Fsp3) is 0.556. The summed E-state index contributed by atoms with van der Waals surface area (Å²) in [5, 5.41) is 6.61. The maximum Gasteiger partial charge on any atom is 0.268 e. The van der Waals surface area contributed by atoms with Crippen LogP contribution in [0.25, 0.3) is 0 Å². The molecule has 2 aliphatic rings. The molecule has 2 aliphatic heterocycles. The molecule has 2 heterocycles. The van der Waals surface area contributed by atoms with Gasteiger partial charge >= 0.3 is 0 Å². The largest absolute Gasteiger partial charge is 0.387 e. The Bertz CT molecular complexity index is 609. The zero-order valence-corrected chi connectivity index (χ0v) is 14.1. The van der Waals surface area contributed by atoms with Crippen molar-refractivity contribution in [2.75, 3.05) is 20.1 Å². The summed E-state index contributed by atoms with van der Waals surface area (Å²) in [5.74, 6) is 0.427. The first-order valence-corrected chi connectivity index (χ1v) is 8.30. The van der Waals surface area contributed by atoms with E-state index >= 15 is 0 Å². The van der Waals surface area contributed by atoms with E-state index in [-0.39, 0.29) is 11.5 Å². The van der Waals surface area contributed by atoms with Gasteiger partial charge in [0, 0.05) is 39.5 Å². The fourth-order valence-corrected chi connectivity index (χ4v) is 3.34. The lowest BCUT2D eigenvalue weighted by molar-refractivity contribution is -0.114. The molecule has 1 saturated heterocycles. The van der Waals surface area contributed by atoms with Gasteiger partial charge in [-0.3, -0.25) is 9.69 Å². The van der Waals surface area contributed by atoms with Gasteiger partial charge in [-0.05, 0) is 17.0 Å². The highest BCUT2D eigenvalue weighted by Crippen LogP contribution is 2.34. The van der Waals surface area contributed by atoms with Crippen LogP contribution in [-0.2, 0) is 16.2 Å². The molecular weight excluding hydrogens is 290 g/mol. The smallest absolute Gasteiger partial charge is 0.268 e. The lowest BCUT2D eigenvalue weighted by Crippen LogP contribution is -2.36. The molecule has 0 aliphatic carbocycles. The van der Waals surface area contributed by atoms with Crippen LogP contribution in [0.3, 0.4) is 0 Å². The van der Waals surface area contributed by atoms with Gasteiger partial charge in [0.15, 0.2) is 5.60 Å². The molecule has 0 bridgehead atoms. The number of amides is 1. The SMILES string of the molecule is CNC(=O)C1=NOC2(CCN(Cc3ccc(C(C)C)cc3)C2)C1. The first-order valence-electron chi connectivity index (χ1n) is 8.30. The second kappa shape index (κ2) is 6.32. The van der Waals surface area contributed by atoms with Gasteiger partial charge < -0.3 is 10.2 Å². The molecule has 1 atom stereocenters. The zero-order valence-electron chi connectivity index (χ0n) is 14.1. The molecule has 0 saturated carbocycles. The highest BCUT2D eigenvalue weighted by molar-refractivity contribution is 6.39. The Labute approximate surface area is 137 Å². The second-order valence-corrected chi connectivity index (χ2v) is 6.93. The van der Waals surface area contributed by atoms with Gasteiger partial charge in [-0.1, -0.05) is 43.3 Å². The predicted molar refractivity (Wildman–Crippen MR) is 90.4 cm³/mol. The van der Waals surface area contributed by atoms with Crippen molar-refractivity contribution in [2.24, 2.45) is 5.16 Å². The van der Waals surface area contributed by atoms with E-state index < -0.39 is 0 Å². The number of oxime groups is 1. The Morgan fingerprint density at radius 3 is 2.78 bits per heavy atom. The molecule has 1 N–H and O–H groups in total. The van der Waals surface area contributed by atoms with Crippen molar-refractivity contribution in [3.05, 3.63) is 35.4 Å². The van der Waals surface area contributed by atoms with Gasteiger partial charge in [0.1, 0.15) is 5.71 Å². The van der Waals surface area contributed by atoms with E-state index in [0.29, 0.717) is 18.1 Å². The maximum absolute atomic E-state index is 11.7. The molecule has 3 rings (SSSR count). The minimum absolute atomic E-state index is 0.135. The van der Waals surface area contributed by atoms with Gasteiger partial charge in [-0.25, -0.2) is 0 Å². The summed E-state index contributed by atoms with van der Waals surface area (Å²) in [5.41, 5.74) is 2.89. The minimum Gasteiger partial charge on any atom is -0.387 e. The highest BCUT2D eigenvalue weighted by atomic mass is 16.7. The van der Waals surface area contributed by atoms with E-state index in [1.165, 1.54) is 11.1 Å². The molecule has 0 aromatic heterocycles. The van der Waals surface area contributed by atoms with E-state index in [1.807, 2.05) is 0 Å². The molecular formula is C18H25N3O2. The molecule has 1 aromatic rings. The van der Waals surface area contributed by atoms with Gasteiger partial charge in [-0.15, -0.1) is 0 Å². The predicted octanol–water partition coefficient (Wildman–Crippen LogP) is 2.28. The number of carbonyl (C=O) groups is 1. The molecule has 1 spiro atoms. The van der Waals surface area contributed by atoms with Crippen molar-refractivity contribution < 1.29 is 9.63 Å². The van der Waals surface area contributed by atoms with Crippen molar-refractivity contribution in [3.8, 4) is 0 Å². The third kappa shape index (κ3) is 3.39. The van der Waals surface area contributed by atoms with Crippen LogP contribution >= 0.6 is 0 Å². The number of carbonyl (C=O) groups excluding carboxylic acids is 1. The monoisotopic (exact) mass is 315 g/mol. The summed E-state index contributed by atoms with van der Waals surface area (Å²) in [4.78, 5) is 19.7. The van der Waals surface area contributed by atoms with Crippen LogP contribution in [0, 0.1) is 0 Å². The molecule has 1 unspecified atom stereocenters. The lowest BCUT2D eigenvalue weighted by atomic mass is 9.96. The van der Waals surface area contributed by atoms with Gasteiger partial charge in [-0.2, -0.15) is 0 Å². The van der Waals surface area contributed by atoms with E-state index in [4.69, 9.17) is 4.84 Å². The number of nitrogens with zero attached hydrogens (tertiary/aromatic N) is 2. The Morgan fingerprint density at radius 1 is 1.39 bits per heavy atom. The van der Waals surface area contributed by atoms with Crippen LogP contribution in [0.2, 0.25) is 0 Å². The molecule has 5 nitrogen and oxygen atoms in total. The van der Waals surface area contributed by atoms with Gasteiger partial charge in [0.25, 0.3) is 5.91 Å². The summed E-state index contributed by atoms with van der Waals surface area (Å²) < 4.78 is 0. The first-order chi connectivity index (χ1) is 11.0. The topological polar surface area (TPSA) is 53.9 Å². The van der Waals surface area contributed by atoms with Crippen LogP contribution in [0.15, 0.2) is 29.4 Å². The van der Waals surface area contributed by atoms with E-state index in [1.54, 1.807) is 7.05 Å². The summed E-state index contributed by atoms with van der Waals surface area (Å²) >= 11 is 0. The Balaban J connectivity index is 1.57. The molecule has 0 radical (unpaired) electrons. The molecule has 5 heteroatoms. The van der Waals surface area contributed by atoms with E-state index in [9.17, 15) is 4.79 Å². The Morgan fingerprint density at radius 2 is 2.13 bits per heavy atom. The van der Waals surface area contributed by atoms with Gasteiger partial charge in [0.05, 0.1) is 0 Å². The van der Waals surface area contributed by atoms with Crippen molar-refractivity contribution in [3.63, 3.8) is 0 Å². The Kier molecular flexibility index (Phi) is 4.39. The average molecular weight is 315 g/mol. The normalized spacial score (nSPS) is 24.1. The lowest BCUT2D eigenvalue weighted by Gasteiger charge is -2.21. The van der Waals surface area contributed by atoms with Crippen LogP contribution < -0.4 is 5.32 Å². The molecule has 124 valence electrons. The third-order valence-electron chi connectivity index (χ3n) is 4.78. The molecule has 1 fully saturated rings. The number of benzene rings is 1. The fourth-order valence-electron chi connectivity index (χ4n) is 3.34. The van der Waals surface area contributed by atoms with Crippen LogP contribution in [-0.4, -0.2) is 42.3 Å². The van der Waals surface area contributed by atoms with E-state index in [2.05, 4.69) is 53.5 Å². The number of hydrogen-bond donors (Lipinski definition) is 1. The number of likely N-dealkylation sites (tertiary alicyclic amines) is 1. The van der Waals surface area contributed by atoms with Crippen LogP contribution in [0.5, 0.6) is 0 Å². The minimum atomic E-state index is -0.306. The maximum atomic E-state index is 11.7. The molecule has 1 amide bonds. The van der Waals surface area contributed by atoms with Gasteiger partial charge in [0.2, 0.25) is 0 Å². The number of hydrogen-bond acceptors (Lipinski definition) is 4. The first kappa shape index (κ1) is 16.0. The van der Waals surface area contributed by atoms with Crippen LogP contribution in [0.4, 0.5) is 0 Å². The standard InChI is InChI=1S/C18H25N3O2/c1-13(2)15-6-4-14(5-7-15)11-21-9-8-18(12-21)10-16(20-23-18)17(22)19-3/h4-7,13H,8-12H2,1-3H3,(H,19,22). The van der Waals surface area contributed by atoms with Crippen LogP contribution in [0.1, 0.15) is 43.7 Å². The highest BCUT2D eigenvalue weighted by Gasteiger charge is 2.46. The van der Waals surface area contributed by atoms with Crippen molar-refractivity contribution in [1.82, 2.24) is 10.2 Å². The molecule has 1 aromatic carbocycles. The summed E-state index contributed by atoms with van der Waals surface area (Å²) in [6.45, 7) is 7.13. The van der Waals surface area contributed by atoms with Crippen molar-refractivity contribution in [2.45, 2.75) is 44.8 Å². The number of nitrogens with one attached hydrogen (secondary N) is 1. The van der Waals surface area contributed by atoms with Crippen molar-refractivity contribution >= 4 is 11.6 Å². The quantitative estimate of drug-likeness (QED) is 0.927. The summed E-state index contributed by atoms with van der Waals surface area (Å²) in [6.07, 6.45) is 1.52. The third-order valence-corrected chi connectivity index (χ3v) is 4.78. The second-order valence-electron chi connectivity index (χ2n) is 6.93. The van der Waals surface area contributed by atoms with E-state index in [0.717, 1.165) is 26.1 Å². The Hall–Kier alpha value is -1.88. The average Bonchev–Trinajstić information content (AvgIpc) is 3.14. The number of rotatable bonds is 4. The van der Waals surface area contributed by atoms with Crippen molar-refractivity contribution in [1.29, 1.82) is 0 Å².